The number of alkyl halides is 2. The van der Waals surface area contributed by atoms with Gasteiger partial charge in [-0.15, -0.1) is 0 Å². The Bertz CT molecular complexity index is 725. The lowest BCUT2D eigenvalue weighted by molar-refractivity contribution is -0.0662. The van der Waals surface area contributed by atoms with Gasteiger partial charge >= 0.3 is 0 Å². The Hall–Kier alpha value is -2.54. The van der Waals surface area contributed by atoms with Crippen molar-refractivity contribution >= 4 is 5.91 Å². The molecule has 0 bridgehead atoms. The van der Waals surface area contributed by atoms with E-state index in [2.05, 4.69) is 4.98 Å². The first-order valence-electron chi connectivity index (χ1n) is 7.58. The zero-order valence-corrected chi connectivity index (χ0v) is 12.9. The minimum Gasteiger partial charge on any atom is -0.438 e. The summed E-state index contributed by atoms with van der Waals surface area (Å²) in [6.07, 6.45) is 1.06. The molecule has 2 N–H and O–H groups in total. The zero-order valence-electron chi connectivity index (χ0n) is 12.9. The molecule has 1 aromatic heterocycles. The number of likely N-dealkylation sites (tertiary alicyclic amines) is 1. The van der Waals surface area contributed by atoms with Crippen LogP contribution in [0.25, 0.3) is 0 Å². The second-order valence-corrected chi connectivity index (χ2v) is 5.64. The molecule has 1 aliphatic rings. The summed E-state index contributed by atoms with van der Waals surface area (Å²) in [4.78, 5) is 18.1. The molecule has 5 nitrogen and oxygen atoms in total. The number of amides is 1. The third-order valence-electron chi connectivity index (χ3n) is 3.92. The van der Waals surface area contributed by atoms with Crippen LogP contribution in [0.2, 0.25) is 0 Å². The van der Waals surface area contributed by atoms with Gasteiger partial charge < -0.3 is 15.4 Å². The number of ether oxygens (including phenoxy) is 1. The Morgan fingerprint density at radius 1 is 1.25 bits per heavy atom. The number of halogens is 2. The van der Waals surface area contributed by atoms with Crippen molar-refractivity contribution in [2.45, 2.75) is 18.4 Å². The molecular weight excluding hydrogens is 316 g/mol. The molecule has 0 spiro atoms. The third kappa shape index (κ3) is 3.35. The van der Waals surface area contributed by atoms with Crippen LogP contribution in [-0.2, 0) is 0 Å². The highest BCUT2D eigenvalue weighted by Gasteiger charge is 2.43. The van der Waals surface area contributed by atoms with Gasteiger partial charge in [0, 0.05) is 25.7 Å². The number of carbonyl (C=O) groups is 1. The smallest absolute Gasteiger partial charge is 0.266 e. The topological polar surface area (TPSA) is 68.5 Å². The molecule has 1 aliphatic heterocycles. The number of hydrogen-bond acceptors (Lipinski definition) is 4. The van der Waals surface area contributed by atoms with E-state index in [0.29, 0.717) is 5.75 Å². The molecule has 1 unspecified atom stereocenters. The average molecular weight is 333 g/mol. The zero-order chi connectivity index (χ0) is 17.2. The lowest BCUT2D eigenvalue weighted by atomic mass is 10.0. The Balaban J connectivity index is 1.81. The van der Waals surface area contributed by atoms with Gasteiger partial charge in [-0.1, -0.05) is 18.2 Å². The molecule has 2 heterocycles. The van der Waals surface area contributed by atoms with Crippen molar-refractivity contribution in [3.8, 4) is 11.6 Å². The first kappa shape index (κ1) is 16.3. The summed E-state index contributed by atoms with van der Waals surface area (Å²) in [5.41, 5.74) is 5.71. The Morgan fingerprint density at radius 3 is 2.71 bits per heavy atom. The Kier molecular flexibility index (Phi) is 4.44. The van der Waals surface area contributed by atoms with Crippen molar-refractivity contribution < 1.29 is 18.3 Å². The number of nitrogens with two attached hydrogens (primary N) is 1. The summed E-state index contributed by atoms with van der Waals surface area (Å²) < 4.78 is 32.7. The summed E-state index contributed by atoms with van der Waals surface area (Å²) in [5.74, 6) is -2.69. The number of para-hydroxylation sites is 1. The highest BCUT2D eigenvalue weighted by atomic mass is 19.3. The van der Waals surface area contributed by atoms with Crippen LogP contribution < -0.4 is 10.5 Å². The van der Waals surface area contributed by atoms with E-state index in [1.807, 2.05) is 6.07 Å². The van der Waals surface area contributed by atoms with E-state index in [-0.39, 0.29) is 24.5 Å². The highest BCUT2D eigenvalue weighted by molar-refractivity contribution is 5.96. The van der Waals surface area contributed by atoms with Gasteiger partial charge in [0.05, 0.1) is 6.04 Å². The van der Waals surface area contributed by atoms with Crippen molar-refractivity contribution in [3.05, 3.63) is 54.2 Å². The molecule has 0 saturated carbocycles. The van der Waals surface area contributed by atoms with Gasteiger partial charge in [0.25, 0.3) is 11.8 Å². The first-order chi connectivity index (χ1) is 11.5. The molecule has 0 aliphatic carbocycles. The van der Waals surface area contributed by atoms with Crippen LogP contribution >= 0.6 is 0 Å². The standard InChI is InChI=1S/C17H17F2N3O2/c18-17(19)8-10-22(11-14(17)20)16(23)13-7-4-9-21-15(13)24-12-5-2-1-3-6-12/h1-7,9,14H,8,10-11,20H2. The maximum Gasteiger partial charge on any atom is 0.266 e. The van der Waals surface area contributed by atoms with Crippen LogP contribution in [0.4, 0.5) is 8.78 Å². The van der Waals surface area contributed by atoms with E-state index in [0.717, 1.165) is 0 Å². The van der Waals surface area contributed by atoms with E-state index < -0.39 is 24.3 Å². The van der Waals surface area contributed by atoms with Gasteiger partial charge in [0.15, 0.2) is 0 Å². The average Bonchev–Trinajstić information content (AvgIpc) is 2.58. The highest BCUT2D eigenvalue weighted by Crippen LogP contribution is 2.29. The van der Waals surface area contributed by atoms with Gasteiger partial charge in [-0.2, -0.15) is 0 Å². The predicted octanol–water partition coefficient (Wildman–Crippen LogP) is 2.68. The molecule has 126 valence electrons. The number of rotatable bonds is 3. The Labute approximate surface area is 138 Å². The van der Waals surface area contributed by atoms with E-state index >= 15 is 0 Å². The fourth-order valence-corrected chi connectivity index (χ4v) is 2.52. The van der Waals surface area contributed by atoms with Gasteiger partial charge in [-0.05, 0) is 24.3 Å². The molecule has 1 saturated heterocycles. The molecule has 24 heavy (non-hydrogen) atoms. The lowest BCUT2D eigenvalue weighted by Crippen LogP contribution is -2.56. The number of aromatic nitrogens is 1. The second kappa shape index (κ2) is 6.52. The molecular formula is C17H17F2N3O2. The Morgan fingerprint density at radius 2 is 2.00 bits per heavy atom. The number of carbonyl (C=O) groups excluding carboxylic acids is 1. The lowest BCUT2D eigenvalue weighted by Gasteiger charge is -2.36. The number of pyridine rings is 1. The minimum absolute atomic E-state index is 0.0563. The van der Waals surface area contributed by atoms with E-state index in [1.165, 1.54) is 11.1 Å². The largest absolute Gasteiger partial charge is 0.438 e. The first-order valence-corrected chi connectivity index (χ1v) is 7.58. The quantitative estimate of drug-likeness (QED) is 0.938. The van der Waals surface area contributed by atoms with Crippen LogP contribution in [0.15, 0.2) is 48.7 Å². The summed E-state index contributed by atoms with van der Waals surface area (Å²) in [7, 11) is 0. The van der Waals surface area contributed by atoms with E-state index in [1.54, 1.807) is 36.4 Å². The van der Waals surface area contributed by atoms with Crippen molar-refractivity contribution in [3.63, 3.8) is 0 Å². The van der Waals surface area contributed by atoms with E-state index in [4.69, 9.17) is 10.5 Å². The minimum atomic E-state index is -2.95. The molecule has 1 amide bonds. The maximum atomic E-state index is 13.5. The molecule has 1 atom stereocenters. The summed E-state index contributed by atoms with van der Waals surface area (Å²) in [6.45, 7) is -0.259. The normalized spacial score (nSPS) is 19.8. The van der Waals surface area contributed by atoms with Crippen molar-refractivity contribution in [2.24, 2.45) is 5.73 Å². The van der Waals surface area contributed by atoms with Gasteiger partial charge in [-0.25, -0.2) is 13.8 Å². The number of nitrogens with zero attached hydrogens (tertiary/aromatic N) is 2. The molecule has 0 radical (unpaired) electrons. The van der Waals surface area contributed by atoms with Crippen LogP contribution in [0.1, 0.15) is 16.8 Å². The van der Waals surface area contributed by atoms with Crippen molar-refractivity contribution in [1.29, 1.82) is 0 Å². The van der Waals surface area contributed by atoms with E-state index in [9.17, 15) is 13.6 Å². The van der Waals surface area contributed by atoms with Crippen LogP contribution in [0.5, 0.6) is 11.6 Å². The summed E-state index contributed by atoms with van der Waals surface area (Å²) >= 11 is 0. The number of hydrogen-bond donors (Lipinski definition) is 1. The third-order valence-corrected chi connectivity index (χ3v) is 3.92. The van der Waals surface area contributed by atoms with Crippen LogP contribution in [0, 0.1) is 0 Å². The maximum absolute atomic E-state index is 13.5. The second-order valence-electron chi connectivity index (χ2n) is 5.64. The molecule has 2 aromatic rings. The predicted molar refractivity (Wildman–Crippen MR) is 84.2 cm³/mol. The summed E-state index contributed by atoms with van der Waals surface area (Å²) in [5, 5.41) is 0. The fourth-order valence-electron chi connectivity index (χ4n) is 2.52. The molecule has 7 heteroatoms. The van der Waals surface area contributed by atoms with Crippen LogP contribution in [0.3, 0.4) is 0 Å². The molecule has 1 aromatic carbocycles. The monoisotopic (exact) mass is 333 g/mol. The van der Waals surface area contributed by atoms with Gasteiger partial charge in [0.1, 0.15) is 11.3 Å². The number of piperidine rings is 1. The van der Waals surface area contributed by atoms with Crippen molar-refractivity contribution in [1.82, 2.24) is 9.88 Å². The fraction of sp³-hybridized carbons (Fsp3) is 0.294. The van der Waals surface area contributed by atoms with Crippen LogP contribution in [-0.4, -0.2) is 40.8 Å². The number of benzene rings is 1. The SMILES string of the molecule is NC1CN(C(=O)c2cccnc2Oc2ccccc2)CCC1(F)F. The molecule has 3 rings (SSSR count). The van der Waals surface area contributed by atoms with Crippen molar-refractivity contribution in [2.75, 3.05) is 13.1 Å². The molecule has 1 fully saturated rings. The summed E-state index contributed by atoms with van der Waals surface area (Å²) in [6, 6.07) is 10.7. The van der Waals surface area contributed by atoms with Gasteiger partial charge in [0.2, 0.25) is 5.88 Å². The van der Waals surface area contributed by atoms with Gasteiger partial charge in [-0.3, -0.25) is 4.79 Å².